The molecule has 0 fully saturated rings. The van der Waals surface area contributed by atoms with Crippen LogP contribution in [0.1, 0.15) is 17.2 Å². The normalized spacial score (nSPS) is 16.5. The highest BCUT2D eigenvalue weighted by Crippen LogP contribution is 2.41. The van der Waals surface area contributed by atoms with Gasteiger partial charge in [0.1, 0.15) is 0 Å². The van der Waals surface area contributed by atoms with E-state index < -0.39 is 23.5 Å². The maximum Gasteiger partial charge on any atom is 0.290 e. The minimum Gasteiger partial charge on any atom is -0.503 e. The summed E-state index contributed by atoms with van der Waals surface area (Å²) in [5.41, 5.74) is 1.20. The molecule has 0 saturated heterocycles. The van der Waals surface area contributed by atoms with Gasteiger partial charge in [0, 0.05) is 16.6 Å². The zero-order chi connectivity index (χ0) is 22.4. The summed E-state index contributed by atoms with van der Waals surface area (Å²) in [4.78, 5) is 27.2. The summed E-state index contributed by atoms with van der Waals surface area (Å²) in [6.45, 7) is 0.158. The lowest BCUT2D eigenvalue weighted by Gasteiger charge is -2.27. The lowest BCUT2D eigenvalue weighted by atomic mass is 9.95. The third-order valence-electron chi connectivity index (χ3n) is 4.77. The number of aliphatic hydroxyl groups is 2. The van der Waals surface area contributed by atoms with Gasteiger partial charge in [0.05, 0.1) is 31.4 Å². The first-order valence-corrected chi connectivity index (χ1v) is 10.3. The lowest BCUT2D eigenvalue weighted by Crippen LogP contribution is -2.34. The Hall–Kier alpha value is -2.64. The number of aliphatic hydroxyl groups excluding tert-OH is 2. The highest BCUT2D eigenvalue weighted by atomic mass is 35.5. The Labute approximate surface area is 190 Å². The molecule has 8 heteroatoms. The summed E-state index contributed by atoms with van der Waals surface area (Å²) < 4.78 is 5.27. The molecular weight excluding hydrogens is 441 g/mol. The van der Waals surface area contributed by atoms with E-state index in [1.807, 2.05) is 30.3 Å². The van der Waals surface area contributed by atoms with Crippen LogP contribution in [-0.2, 0) is 14.3 Å². The number of carbonyl (C=O) groups is 2. The van der Waals surface area contributed by atoms with E-state index in [-0.39, 0.29) is 37.0 Å². The number of amides is 1. The Kier molecular flexibility index (Phi) is 7.87. The van der Waals surface area contributed by atoms with Crippen LogP contribution in [0.15, 0.2) is 65.9 Å². The first kappa shape index (κ1) is 23.0. The van der Waals surface area contributed by atoms with Gasteiger partial charge in [0.2, 0.25) is 0 Å². The number of rotatable bonds is 9. The number of carbonyl (C=O) groups excluding carboxylic acids is 2. The highest BCUT2D eigenvalue weighted by Gasteiger charge is 2.43. The van der Waals surface area contributed by atoms with Crippen molar-refractivity contribution in [1.82, 2.24) is 4.90 Å². The van der Waals surface area contributed by atoms with E-state index in [9.17, 15) is 14.7 Å². The maximum absolute atomic E-state index is 13.0. The number of benzene rings is 2. The van der Waals surface area contributed by atoms with Crippen molar-refractivity contribution >= 4 is 41.0 Å². The molecule has 2 N–H and O–H groups in total. The van der Waals surface area contributed by atoms with Crippen LogP contribution in [0.3, 0.4) is 0 Å². The molecule has 0 radical (unpaired) electrons. The van der Waals surface area contributed by atoms with Gasteiger partial charge in [-0.2, -0.15) is 0 Å². The molecule has 6 nitrogen and oxygen atoms in total. The predicted octanol–water partition coefficient (Wildman–Crippen LogP) is 3.98. The van der Waals surface area contributed by atoms with Crippen molar-refractivity contribution in [3.63, 3.8) is 0 Å². The largest absolute Gasteiger partial charge is 0.503 e. The van der Waals surface area contributed by atoms with E-state index in [0.717, 1.165) is 5.56 Å². The first-order valence-electron chi connectivity index (χ1n) is 9.59. The molecule has 1 heterocycles. The van der Waals surface area contributed by atoms with Crippen LogP contribution in [0.2, 0.25) is 10.0 Å². The molecule has 0 saturated carbocycles. The van der Waals surface area contributed by atoms with Gasteiger partial charge in [0.25, 0.3) is 5.91 Å². The Bertz CT molecular complexity index is 1020. The maximum atomic E-state index is 13.0. The summed E-state index contributed by atoms with van der Waals surface area (Å²) in [6, 6.07) is 13.0. The minimum absolute atomic E-state index is 0.0661. The van der Waals surface area contributed by atoms with Crippen molar-refractivity contribution in [1.29, 1.82) is 0 Å². The van der Waals surface area contributed by atoms with Crippen molar-refractivity contribution in [2.24, 2.45) is 0 Å². The molecule has 0 aromatic heterocycles. The first-order chi connectivity index (χ1) is 14.9. The van der Waals surface area contributed by atoms with Crippen LogP contribution in [0.25, 0.3) is 6.08 Å². The fraction of sp³-hybridized carbons (Fsp3) is 0.217. The molecule has 31 heavy (non-hydrogen) atoms. The van der Waals surface area contributed by atoms with E-state index in [1.54, 1.807) is 18.2 Å². The molecule has 0 aliphatic carbocycles. The van der Waals surface area contributed by atoms with Crippen molar-refractivity contribution in [3.8, 4) is 0 Å². The van der Waals surface area contributed by atoms with E-state index in [0.29, 0.717) is 10.6 Å². The van der Waals surface area contributed by atoms with Gasteiger partial charge in [-0.1, -0.05) is 65.7 Å². The molecule has 1 aliphatic heterocycles. The lowest BCUT2D eigenvalue weighted by molar-refractivity contribution is -0.130. The molecule has 162 valence electrons. The van der Waals surface area contributed by atoms with Gasteiger partial charge in [-0.3, -0.25) is 9.59 Å². The fourth-order valence-corrected chi connectivity index (χ4v) is 3.85. The smallest absolute Gasteiger partial charge is 0.290 e. The summed E-state index contributed by atoms with van der Waals surface area (Å²) in [7, 11) is 0. The van der Waals surface area contributed by atoms with Gasteiger partial charge in [-0.15, -0.1) is 0 Å². The predicted molar refractivity (Wildman–Crippen MR) is 119 cm³/mol. The third kappa shape index (κ3) is 5.35. The number of ketones is 1. The van der Waals surface area contributed by atoms with Crippen LogP contribution in [-0.4, -0.2) is 53.2 Å². The van der Waals surface area contributed by atoms with Crippen LogP contribution in [0, 0.1) is 0 Å². The van der Waals surface area contributed by atoms with Gasteiger partial charge < -0.3 is 19.8 Å². The van der Waals surface area contributed by atoms with Crippen molar-refractivity contribution in [2.45, 2.75) is 6.04 Å². The zero-order valence-electron chi connectivity index (χ0n) is 16.5. The fourth-order valence-electron chi connectivity index (χ4n) is 3.34. The minimum atomic E-state index is -0.900. The number of halogens is 2. The average Bonchev–Trinajstić information content (AvgIpc) is 3.00. The summed E-state index contributed by atoms with van der Waals surface area (Å²) in [5, 5.41) is 20.1. The summed E-state index contributed by atoms with van der Waals surface area (Å²) >= 11 is 12.4. The zero-order valence-corrected chi connectivity index (χ0v) is 18.0. The van der Waals surface area contributed by atoms with Crippen molar-refractivity contribution in [2.75, 3.05) is 26.4 Å². The molecular formula is C23H21Cl2NO5. The van der Waals surface area contributed by atoms with Crippen LogP contribution < -0.4 is 0 Å². The Morgan fingerprint density at radius 1 is 1.13 bits per heavy atom. The molecule has 2 aromatic carbocycles. The molecule has 1 atom stereocenters. The Morgan fingerprint density at radius 3 is 2.55 bits per heavy atom. The quantitative estimate of drug-likeness (QED) is 0.435. The molecule has 2 aromatic rings. The monoisotopic (exact) mass is 461 g/mol. The second-order valence-corrected chi connectivity index (χ2v) is 7.62. The van der Waals surface area contributed by atoms with Gasteiger partial charge in [0.15, 0.2) is 11.5 Å². The molecule has 1 amide bonds. The highest BCUT2D eigenvalue weighted by molar-refractivity contribution is 6.35. The van der Waals surface area contributed by atoms with Crippen LogP contribution in [0.5, 0.6) is 0 Å². The SMILES string of the molecule is O=C(/C=C/c1ccccc1)C1=C(O)C(=O)N(CCOCCO)C1c1ccc(Cl)cc1Cl. The van der Waals surface area contributed by atoms with E-state index in [2.05, 4.69) is 0 Å². The van der Waals surface area contributed by atoms with E-state index >= 15 is 0 Å². The molecule has 0 bridgehead atoms. The van der Waals surface area contributed by atoms with E-state index in [4.69, 9.17) is 33.0 Å². The van der Waals surface area contributed by atoms with Crippen molar-refractivity contribution in [3.05, 3.63) is 87.1 Å². The summed E-state index contributed by atoms with van der Waals surface area (Å²) in [6.07, 6.45) is 2.93. The second kappa shape index (κ2) is 10.6. The van der Waals surface area contributed by atoms with Gasteiger partial charge >= 0.3 is 0 Å². The number of allylic oxidation sites excluding steroid dienone is 1. The van der Waals surface area contributed by atoms with Crippen molar-refractivity contribution < 1.29 is 24.5 Å². The average molecular weight is 462 g/mol. The number of hydrogen-bond acceptors (Lipinski definition) is 5. The Morgan fingerprint density at radius 2 is 1.87 bits per heavy atom. The van der Waals surface area contributed by atoms with E-state index in [1.165, 1.54) is 17.0 Å². The second-order valence-electron chi connectivity index (χ2n) is 6.77. The topological polar surface area (TPSA) is 87.1 Å². The molecule has 3 rings (SSSR count). The van der Waals surface area contributed by atoms with Crippen LogP contribution in [0.4, 0.5) is 0 Å². The van der Waals surface area contributed by atoms with Gasteiger partial charge in [-0.25, -0.2) is 0 Å². The molecule has 1 unspecified atom stereocenters. The number of hydrogen-bond donors (Lipinski definition) is 2. The van der Waals surface area contributed by atoms with Gasteiger partial charge in [-0.05, 0) is 29.3 Å². The summed E-state index contributed by atoms with van der Waals surface area (Å²) in [5.74, 6) is -1.83. The number of ether oxygens (including phenoxy) is 1. The molecule has 0 spiro atoms. The third-order valence-corrected chi connectivity index (χ3v) is 5.33. The molecule has 1 aliphatic rings. The standard InChI is InChI=1S/C23H21Cl2NO5/c24-16-7-8-17(18(25)14-16)21-20(19(28)9-6-15-4-2-1-3-5-15)22(29)23(30)26(21)10-12-31-13-11-27/h1-9,14,21,27,29H,10-13H2/b9-6+. The Balaban J connectivity index is 1.96. The number of nitrogens with zero attached hydrogens (tertiary/aromatic N) is 1. The van der Waals surface area contributed by atoms with Crippen LogP contribution >= 0.6 is 23.2 Å².